The molecule has 28 heavy (non-hydrogen) atoms. The third-order valence-corrected chi connectivity index (χ3v) is 5.92. The summed E-state index contributed by atoms with van der Waals surface area (Å²) in [4.78, 5) is 14.4. The zero-order valence-electron chi connectivity index (χ0n) is 16.9. The lowest BCUT2D eigenvalue weighted by molar-refractivity contribution is -0.310. The van der Waals surface area contributed by atoms with Gasteiger partial charge < -0.3 is 24.4 Å². The van der Waals surface area contributed by atoms with Crippen molar-refractivity contribution in [2.75, 3.05) is 7.11 Å². The molecule has 158 valence electrons. The Morgan fingerprint density at radius 1 is 1.36 bits per heavy atom. The van der Waals surface area contributed by atoms with Gasteiger partial charge in [-0.25, -0.2) is 0 Å². The van der Waals surface area contributed by atoms with Gasteiger partial charge in [-0.3, -0.25) is 4.79 Å². The van der Waals surface area contributed by atoms with Crippen molar-refractivity contribution in [1.29, 1.82) is 0 Å². The summed E-state index contributed by atoms with van der Waals surface area (Å²) < 4.78 is 17.2. The van der Waals surface area contributed by atoms with Gasteiger partial charge in [-0.15, -0.1) is 0 Å². The SMILES string of the molecule is CO[C@@H]1/C=C(\C)C[C@H](/C=C/C=C/Br)OC(=O)[C@@H](C)[C@]2(O)C[C@H](O)[C@@H](C)[C@@H](C1)O2. The molecule has 2 N–H and O–H groups in total. The van der Waals surface area contributed by atoms with E-state index in [1.54, 1.807) is 37.2 Å². The number of cyclic esters (lactones) is 1. The Morgan fingerprint density at radius 2 is 2.07 bits per heavy atom. The van der Waals surface area contributed by atoms with E-state index in [2.05, 4.69) is 15.9 Å². The summed E-state index contributed by atoms with van der Waals surface area (Å²) in [5.74, 6) is -3.47. The molecular formula is C21H31BrO6. The van der Waals surface area contributed by atoms with Crippen molar-refractivity contribution in [3.8, 4) is 0 Å². The molecule has 2 bridgehead atoms. The van der Waals surface area contributed by atoms with Crippen molar-refractivity contribution < 1.29 is 29.2 Å². The molecule has 0 aromatic rings. The fourth-order valence-corrected chi connectivity index (χ4v) is 3.85. The van der Waals surface area contributed by atoms with E-state index in [1.165, 1.54) is 0 Å². The maximum atomic E-state index is 12.7. The van der Waals surface area contributed by atoms with Gasteiger partial charge in [0.05, 0.1) is 18.3 Å². The van der Waals surface area contributed by atoms with Crippen LogP contribution in [0.2, 0.25) is 0 Å². The van der Waals surface area contributed by atoms with E-state index in [0.29, 0.717) is 12.8 Å². The average molecular weight is 459 g/mol. The molecule has 0 saturated carbocycles. The second kappa shape index (κ2) is 10.2. The monoisotopic (exact) mass is 458 g/mol. The first-order valence-electron chi connectivity index (χ1n) is 9.62. The van der Waals surface area contributed by atoms with Gasteiger partial charge in [-0.05, 0) is 24.9 Å². The van der Waals surface area contributed by atoms with Crippen molar-refractivity contribution >= 4 is 21.9 Å². The third-order valence-electron chi connectivity index (χ3n) is 5.62. The Bertz CT molecular complexity index is 630. The van der Waals surface area contributed by atoms with Gasteiger partial charge in [-0.1, -0.05) is 46.7 Å². The van der Waals surface area contributed by atoms with Crippen molar-refractivity contribution in [3.05, 3.63) is 34.9 Å². The predicted octanol–water partition coefficient (Wildman–Crippen LogP) is 3.23. The Kier molecular flexibility index (Phi) is 8.45. The molecule has 0 spiro atoms. The van der Waals surface area contributed by atoms with Crippen LogP contribution in [-0.4, -0.2) is 53.5 Å². The number of carbonyl (C=O) groups excluding carboxylic acids is 1. The molecule has 0 aromatic heterocycles. The number of rotatable bonds is 3. The minimum absolute atomic E-state index is 0.0414. The molecule has 2 heterocycles. The van der Waals surface area contributed by atoms with Crippen LogP contribution in [0.25, 0.3) is 0 Å². The van der Waals surface area contributed by atoms with Crippen LogP contribution in [0, 0.1) is 11.8 Å². The second-order valence-corrected chi connectivity index (χ2v) is 8.29. The van der Waals surface area contributed by atoms with Crippen molar-refractivity contribution in [2.24, 2.45) is 11.8 Å². The highest BCUT2D eigenvalue weighted by atomic mass is 79.9. The summed E-state index contributed by atoms with van der Waals surface area (Å²) in [5, 5.41) is 21.5. The van der Waals surface area contributed by atoms with E-state index in [4.69, 9.17) is 14.2 Å². The van der Waals surface area contributed by atoms with E-state index in [-0.39, 0.29) is 18.4 Å². The fourth-order valence-electron chi connectivity index (χ4n) is 3.67. The van der Waals surface area contributed by atoms with Crippen molar-refractivity contribution in [3.63, 3.8) is 0 Å². The molecule has 2 rings (SSSR count). The first-order valence-corrected chi connectivity index (χ1v) is 10.5. The van der Waals surface area contributed by atoms with Crippen LogP contribution in [0.1, 0.15) is 40.0 Å². The van der Waals surface area contributed by atoms with E-state index in [1.807, 2.05) is 19.9 Å². The Balaban J connectivity index is 2.39. The molecule has 0 aliphatic carbocycles. The van der Waals surface area contributed by atoms with Crippen LogP contribution in [0.15, 0.2) is 34.9 Å². The molecule has 7 atom stereocenters. The van der Waals surface area contributed by atoms with Crippen molar-refractivity contribution in [2.45, 2.75) is 70.2 Å². The number of esters is 1. The molecule has 0 aromatic carbocycles. The lowest BCUT2D eigenvalue weighted by Gasteiger charge is -2.46. The summed E-state index contributed by atoms with van der Waals surface area (Å²) in [6.45, 7) is 5.42. The number of aliphatic hydroxyl groups excluding tert-OH is 1. The number of hydrogen-bond acceptors (Lipinski definition) is 6. The number of methoxy groups -OCH3 is 1. The first kappa shape index (κ1) is 23.3. The zero-order chi connectivity index (χ0) is 20.9. The summed E-state index contributed by atoms with van der Waals surface area (Å²) in [5.41, 5.74) is 1.02. The number of fused-ring (bicyclic) bond motifs is 2. The minimum atomic E-state index is -1.78. The molecule has 1 fully saturated rings. The number of allylic oxidation sites excluding steroid dienone is 2. The highest BCUT2D eigenvalue weighted by Gasteiger charge is 2.50. The van der Waals surface area contributed by atoms with E-state index in [9.17, 15) is 15.0 Å². The Hall–Kier alpha value is -0.990. The normalized spacial score (nSPS) is 42.5. The highest BCUT2D eigenvalue weighted by molar-refractivity contribution is 9.11. The largest absolute Gasteiger partial charge is 0.457 e. The lowest BCUT2D eigenvalue weighted by atomic mass is 9.82. The number of hydrogen-bond donors (Lipinski definition) is 2. The van der Waals surface area contributed by atoms with E-state index in [0.717, 1.165) is 5.57 Å². The fraction of sp³-hybridized carbons (Fsp3) is 0.667. The Morgan fingerprint density at radius 3 is 2.71 bits per heavy atom. The minimum Gasteiger partial charge on any atom is -0.457 e. The van der Waals surface area contributed by atoms with Crippen LogP contribution in [0.3, 0.4) is 0 Å². The molecule has 1 saturated heterocycles. The molecule has 0 unspecified atom stereocenters. The van der Waals surface area contributed by atoms with Crippen LogP contribution in [0.5, 0.6) is 0 Å². The number of ether oxygens (including phenoxy) is 3. The Labute approximate surface area is 175 Å². The van der Waals surface area contributed by atoms with Crippen molar-refractivity contribution in [1.82, 2.24) is 0 Å². The quantitative estimate of drug-likeness (QED) is 0.383. The molecular weight excluding hydrogens is 428 g/mol. The lowest BCUT2D eigenvalue weighted by Crippen LogP contribution is -2.56. The van der Waals surface area contributed by atoms with Gasteiger partial charge in [0.15, 0.2) is 5.79 Å². The van der Waals surface area contributed by atoms with Crippen LogP contribution < -0.4 is 0 Å². The van der Waals surface area contributed by atoms with Crippen LogP contribution in [0.4, 0.5) is 0 Å². The third kappa shape index (κ3) is 5.76. The zero-order valence-corrected chi connectivity index (χ0v) is 18.5. The topological polar surface area (TPSA) is 85.2 Å². The predicted molar refractivity (Wildman–Crippen MR) is 110 cm³/mol. The van der Waals surface area contributed by atoms with Gasteiger partial charge in [0.1, 0.15) is 12.0 Å². The van der Waals surface area contributed by atoms with Crippen LogP contribution >= 0.6 is 15.9 Å². The van der Waals surface area contributed by atoms with Crippen LogP contribution in [-0.2, 0) is 19.0 Å². The smallest absolute Gasteiger partial charge is 0.314 e. The number of carbonyl (C=O) groups is 1. The first-order chi connectivity index (χ1) is 13.2. The average Bonchev–Trinajstić information content (AvgIpc) is 2.63. The summed E-state index contributed by atoms with van der Waals surface area (Å²) in [7, 11) is 1.62. The second-order valence-electron chi connectivity index (χ2n) is 7.76. The maximum absolute atomic E-state index is 12.7. The maximum Gasteiger partial charge on any atom is 0.314 e. The molecule has 2 aliphatic heterocycles. The highest BCUT2D eigenvalue weighted by Crippen LogP contribution is 2.39. The number of halogens is 1. The number of aliphatic hydroxyl groups is 2. The molecule has 2 aliphatic rings. The molecule has 0 amide bonds. The van der Waals surface area contributed by atoms with Gasteiger partial charge >= 0.3 is 5.97 Å². The summed E-state index contributed by atoms with van der Waals surface area (Å²) in [6, 6.07) is 0. The summed E-state index contributed by atoms with van der Waals surface area (Å²) in [6.07, 6.45) is 6.34. The van der Waals surface area contributed by atoms with E-state index < -0.39 is 36.0 Å². The molecule has 7 heteroatoms. The standard InChI is InChI=1S/C21H31BrO6/c1-13-9-16(7-5-6-8-22)27-20(24)15(3)21(25)12-18(23)14(2)19(28-21)11-17(10-13)26-4/h5-8,10,14-19,23,25H,9,11-12H2,1-4H3/b7-5+,8-6+,13-10+/t14-,15-,16+,17-,18+,19-,21+/m1/s1. The van der Waals surface area contributed by atoms with Gasteiger partial charge in [-0.2, -0.15) is 0 Å². The van der Waals surface area contributed by atoms with Gasteiger partial charge in [0.25, 0.3) is 0 Å². The molecule has 0 radical (unpaired) electrons. The van der Waals surface area contributed by atoms with Gasteiger partial charge in [0, 0.05) is 32.3 Å². The molecule has 6 nitrogen and oxygen atoms in total. The van der Waals surface area contributed by atoms with E-state index >= 15 is 0 Å². The summed E-state index contributed by atoms with van der Waals surface area (Å²) >= 11 is 3.20. The van der Waals surface area contributed by atoms with Gasteiger partial charge in [0.2, 0.25) is 0 Å².